The van der Waals surface area contributed by atoms with Crippen molar-refractivity contribution in [2.45, 2.75) is 19.9 Å². The van der Waals surface area contributed by atoms with Gasteiger partial charge in [-0.1, -0.05) is 47.7 Å². The Labute approximate surface area is 222 Å². The number of phenols is 1. The number of hydrogen-bond donors (Lipinski definition) is 1. The molecular formula is C29H26N2O6S. The van der Waals surface area contributed by atoms with Crippen molar-refractivity contribution in [2.24, 2.45) is 4.99 Å². The van der Waals surface area contributed by atoms with Gasteiger partial charge in [-0.2, -0.15) is 0 Å². The predicted molar refractivity (Wildman–Crippen MR) is 146 cm³/mol. The normalized spacial score (nSPS) is 15.3. The molecule has 1 aromatic heterocycles. The van der Waals surface area contributed by atoms with E-state index in [9.17, 15) is 14.7 Å². The number of carbonyl (C=O) groups is 1. The molecule has 1 atom stereocenters. The number of allylic oxidation sites excluding steroid dienone is 1. The van der Waals surface area contributed by atoms with E-state index in [0.717, 1.165) is 10.8 Å². The van der Waals surface area contributed by atoms with Crippen LogP contribution >= 0.6 is 11.3 Å². The van der Waals surface area contributed by atoms with Crippen LogP contribution in [0.5, 0.6) is 17.2 Å². The fourth-order valence-electron chi connectivity index (χ4n) is 4.70. The van der Waals surface area contributed by atoms with Crippen molar-refractivity contribution >= 4 is 34.2 Å². The third kappa shape index (κ3) is 4.24. The molecule has 194 valence electrons. The van der Waals surface area contributed by atoms with E-state index in [0.29, 0.717) is 37.7 Å². The minimum atomic E-state index is -0.798. The summed E-state index contributed by atoms with van der Waals surface area (Å²) in [6.07, 6.45) is 1.68. The fraction of sp³-hybridized carbons (Fsp3) is 0.207. The lowest BCUT2D eigenvalue weighted by Crippen LogP contribution is -2.40. The van der Waals surface area contributed by atoms with Gasteiger partial charge in [0.05, 0.1) is 42.7 Å². The van der Waals surface area contributed by atoms with E-state index >= 15 is 0 Å². The van der Waals surface area contributed by atoms with Gasteiger partial charge in [-0.25, -0.2) is 9.79 Å². The molecule has 38 heavy (non-hydrogen) atoms. The van der Waals surface area contributed by atoms with Crippen molar-refractivity contribution in [3.63, 3.8) is 0 Å². The van der Waals surface area contributed by atoms with Crippen LogP contribution in [0.3, 0.4) is 0 Å². The van der Waals surface area contributed by atoms with Crippen LogP contribution in [-0.2, 0) is 9.53 Å². The SMILES string of the molecule is CCOC(=O)C1=C(C)N=c2s/c(=C\c3c(O)ccc4ccccc34)c(=O)n2[C@H]1c1ccc(OC)c(OC)c1. The summed E-state index contributed by atoms with van der Waals surface area (Å²) in [5.41, 5.74) is 1.57. The monoisotopic (exact) mass is 530 g/mol. The molecule has 0 amide bonds. The zero-order chi connectivity index (χ0) is 27.0. The van der Waals surface area contributed by atoms with Gasteiger partial charge in [-0.3, -0.25) is 9.36 Å². The third-order valence-electron chi connectivity index (χ3n) is 6.46. The van der Waals surface area contributed by atoms with Crippen LogP contribution in [0.4, 0.5) is 0 Å². The Kier molecular flexibility index (Phi) is 6.77. The van der Waals surface area contributed by atoms with E-state index in [4.69, 9.17) is 14.2 Å². The van der Waals surface area contributed by atoms with Gasteiger partial charge in [0.2, 0.25) is 0 Å². The summed E-state index contributed by atoms with van der Waals surface area (Å²) in [6, 6.07) is 15.5. The number of thiazole rings is 1. The van der Waals surface area contributed by atoms with Crippen LogP contribution in [0.1, 0.15) is 31.0 Å². The van der Waals surface area contributed by atoms with Crippen LogP contribution in [0.15, 0.2) is 75.7 Å². The molecule has 1 aliphatic rings. The van der Waals surface area contributed by atoms with Crippen molar-refractivity contribution in [1.29, 1.82) is 0 Å². The maximum Gasteiger partial charge on any atom is 0.338 e. The number of carbonyl (C=O) groups excluding carboxylic acids is 1. The number of hydrogen-bond acceptors (Lipinski definition) is 8. The van der Waals surface area contributed by atoms with E-state index in [1.807, 2.05) is 30.3 Å². The quantitative estimate of drug-likeness (QED) is 0.382. The third-order valence-corrected chi connectivity index (χ3v) is 7.45. The van der Waals surface area contributed by atoms with Crippen LogP contribution < -0.4 is 24.4 Å². The first-order valence-corrected chi connectivity index (χ1v) is 12.8. The second-order valence-electron chi connectivity index (χ2n) is 8.64. The first-order chi connectivity index (χ1) is 18.4. The molecule has 0 saturated carbocycles. The summed E-state index contributed by atoms with van der Waals surface area (Å²) in [7, 11) is 3.06. The summed E-state index contributed by atoms with van der Waals surface area (Å²) in [4.78, 5) is 32.1. The molecule has 4 aromatic rings. The van der Waals surface area contributed by atoms with Gasteiger partial charge in [0, 0.05) is 5.56 Å². The number of phenolic OH excluding ortho intramolecular Hbond substituents is 1. The van der Waals surface area contributed by atoms with E-state index in [-0.39, 0.29) is 23.5 Å². The molecule has 1 aliphatic heterocycles. The first kappa shape index (κ1) is 25.3. The van der Waals surface area contributed by atoms with Gasteiger partial charge in [-0.05, 0) is 54.5 Å². The van der Waals surface area contributed by atoms with Crippen molar-refractivity contribution in [3.05, 3.63) is 96.7 Å². The number of rotatable bonds is 6. The molecule has 2 heterocycles. The zero-order valence-electron chi connectivity index (χ0n) is 21.3. The highest BCUT2D eigenvalue weighted by Gasteiger charge is 2.34. The topological polar surface area (TPSA) is 99.4 Å². The number of benzene rings is 3. The minimum absolute atomic E-state index is 0.0642. The summed E-state index contributed by atoms with van der Waals surface area (Å²) in [5, 5.41) is 12.4. The van der Waals surface area contributed by atoms with E-state index < -0.39 is 12.0 Å². The zero-order valence-corrected chi connectivity index (χ0v) is 22.2. The average Bonchev–Trinajstić information content (AvgIpc) is 3.23. The minimum Gasteiger partial charge on any atom is -0.507 e. The van der Waals surface area contributed by atoms with E-state index in [1.165, 1.54) is 30.1 Å². The molecular weight excluding hydrogens is 504 g/mol. The molecule has 0 aliphatic carbocycles. The summed E-state index contributed by atoms with van der Waals surface area (Å²) < 4.78 is 18.1. The Morgan fingerprint density at radius 1 is 1.11 bits per heavy atom. The number of nitrogens with zero attached hydrogens (tertiary/aromatic N) is 2. The predicted octanol–water partition coefficient (Wildman–Crippen LogP) is 3.67. The van der Waals surface area contributed by atoms with Crippen LogP contribution in [0, 0.1) is 0 Å². The molecule has 0 fully saturated rings. The Balaban J connectivity index is 1.78. The lowest BCUT2D eigenvalue weighted by atomic mass is 9.95. The molecule has 9 heteroatoms. The number of aromatic nitrogens is 1. The van der Waals surface area contributed by atoms with Gasteiger partial charge in [0.25, 0.3) is 5.56 Å². The van der Waals surface area contributed by atoms with Crippen molar-refractivity contribution in [1.82, 2.24) is 4.57 Å². The fourth-order valence-corrected chi connectivity index (χ4v) is 5.73. The maximum absolute atomic E-state index is 13.9. The highest BCUT2D eigenvalue weighted by Crippen LogP contribution is 2.36. The Morgan fingerprint density at radius 3 is 2.61 bits per heavy atom. The number of aromatic hydroxyl groups is 1. The smallest absolute Gasteiger partial charge is 0.338 e. The van der Waals surface area contributed by atoms with Crippen molar-refractivity contribution in [3.8, 4) is 17.2 Å². The highest BCUT2D eigenvalue weighted by molar-refractivity contribution is 7.07. The molecule has 0 bridgehead atoms. The molecule has 0 radical (unpaired) electrons. The van der Waals surface area contributed by atoms with Crippen LogP contribution in [-0.4, -0.2) is 36.5 Å². The van der Waals surface area contributed by atoms with E-state index in [1.54, 1.807) is 44.2 Å². The van der Waals surface area contributed by atoms with Gasteiger partial charge in [0.1, 0.15) is 5.75 Å². The summed E-state index contributed by atoms with van der Waals surface area (Å²) in [5.74, 6) is 0.503. The largest absolute Gasteiger partial charge is 0.507 e. The standard InChI is InChI=1S/C29H26N2O6S/c1-5-37-28(34)25-16(2)30-29-31(26(25)18-11-13-22(35-3)23(14-18)36-4)27(33)24(38-29)15-20-19-9-7-6-8-17(19)10-12-21(20)32/h6-15,26,32H,5H2,1-4H3/b24-15-/t26-/m0/s1. The number of fused-ring (bicyclic) bond motifs is 2. The van der Waals surface area contributed by atoms with Crippen LogP contribution in [0.2, 0.25) is 0 Å². The average molecular weight is 531 g/mol. The van der Waals surface area contributed by atoms with Crippen molar-refractivity contribution < 1.29 is 24.1 Å². The van der Waals surface area contributed by atoms with Crippen molar-refractivity contribution in [2.75, 3.05) is 20.8 Å². The Hall–Kier alpha value is -4.37. The lowest BCUT2D eigenvalue weighted by molar-refractivity contribution is -0.139. The van der Waals surface area contributed by atoms with Gasteiger partial charge in [0.15, 0.2) is 16.3 Å². The summed E-state index contributed by atoms with van der Waals surface area (Å²) >= 11 is 1.20. The molecule has 0 unspecified atom stereocenters. The molecule has 8 nitrogen and oxygen atoms in total. The molecule has 1 N–H and O–H groups in total. The second kappa shape index (κ2) is 10.2. The lowest BCUT2D eigenvalue weighted by Gasteiger charge is -2.25. The first-order valence-electron chi connectivity index (χ1n) is 12.0. The van der Waals surface area contributed by atoms with E-state index in [2.05, 4.69) is 4.99 Å². The Morgan fingerprint density at radius 2 is 1.87 bits per heavy atom. The maximum atomic E-state index is 13.9. The number of esters is 1. The number of methoxy groups -OCH3 is 2. The van der Waals surface area contributed by atoms with Gasteiger partial charge >= 0.3 is 5.97 Å². The van der Waals surface area contributed by atoms with Gasteiger partial charge < -0.3 is 19.3 Å². The second-order valence-corrected chi connectivity index (χ2v) is 9.65. The van der Waals surface area contributed by atoms with Crippen LogP contribution in [0.25, 0.3) is 16.8 Å². The van der Waals surface area contributed by atoms with Gasteiger partial charge in [-0.15, -0.1) is 0 Å². The number of ether oxygens (including phenoxy) is 3. The molecule has 0 saturated heterocycles. The molecule has 0 spiro atoms. The molecule has 5 rings (SSSR count). The Bertz CT molecular complexity index is 1780. The summed E-state index contributed by atoms with van der Waals surface area (Å²) in [6.45, 7) is 3.64. The highest BCUT2D eigenvalue weighted by atomic mass is 32.1. The molecule has 3 aromatic carbocycles.